The molecule has 0 amide bonds. The van der Waals surface area contributed by atoms with Crippen LogP contribution in [0.3, 0.4) is 0 Å². The summed E-state index contributed by atoms with van der Waals surface area (Å²) in [5.74, 6) is 0.954. The van der Waals surface area contributed by atoms with E-state index in [2.05, 4.69) is 15.2 Å². The highest BCUT2D eigenvalue weighted by Crippen LogP contribution is 2.39. The zero-order valence-corrected chi connectivity index (χ0v) is 19.7. The number of ether oxygens (including phenoxy) is 1. The summed E-state index contributed by atoms with van der Waals surface area (Å²) in [4.78, 5) is 6.04. The number of fused-ring (bicyclic) bond motifs is 2. The highest BCUT2D eigenvalue weighted by Gasteiger charge is 2.46. The first-order valence-corrected chi connectivity index (χ1v) is 10.2. The summed E-state index contributed by atoms with van der Waals surface area (Å²) in [5, 5.41) is 9.19. The summed E-state index contributed by atoms with van der Waals surface area (Å²) in [6.07, 6.45) is -2.46. The highest BCUT2D eigenvalue weighted by molar-refractivity contribution is 5.86. The van der Waals surface area contributed by atoms with E-state index in [1.165, 1.54) is 17.2 Å². The fraction of sp³-hybridized carbons (Fsp3) is 0.318. The molecule has 7 nitrogen and oxygen atoms in total. The minimum absolute atomic E-state index is 0. The number of para-hydroxylation sites is 1. The second-order valence-electron chi connectivity index (χ2n) is 7.93. The number of benzene rings is 1. The van der Waals surface area contributed by atoms with Gasteiger partial charge in [0.25, 0.3) is 0 Å². The Morgan fingerprint density at radius 1 is 1.09 bits per heavy atom. The number of nitrogens with zero attached hydrogens (tertiary/aromatic N) is 5. The van der Waals surface area contributed by atoms with Crippen LogP contribution in [0.15, 0.2) is 48.7 Å². The van der Waals surface area contributed by atoms with Crippen LogP contribution in [0.25, 0.3) is 28.1 Å². The molecular weight excluding hydrogens is 492 g/mol. The Bertz CT molecular complexity index is 1300. The third kappa shape index (κ3) is 4.63. The van der Waals surface area contributed by atoms with Gasteiger partial charge in [-0.25, -0.2) is 4.98 Å². The van der Waals surface area contributed by atoms with Crippen molar-refractivity contribution in [3.05, 3.63) is 54.2 Å². The molecule has 0 bridgehead atoms. The predicted molar refractivity (Wildman–Crippen MR) is 128 cm³/mol. The van der Waals surface area contributed by atoms with E-state index in [0.29, 0.717) is 41.4 Å². The van der Waals surface area contributed by atoms with Gasteiger partial charge in [0.15, 0.2) is 11.5 Å². The SMILES string of the molecule is COc1cccc2ccc(-c3nnc4ccc([C@H](N5CC[C@H](N)C5)C(F)(F)F)cn34)nc12.Cl.Cl. The Kier molecular flexibility index (Phi) is 7.56. The second kappa shape index (κ2) is 9.91. The van der Waals surface area contributed by atoms with E-state index in [1.54, 1.807) is 29.7 Å². The van der Waals surface area contributed by atoms with Gasteiger partial charge in [0.1, 0.15) is 23.0 Å². The first-order chi connectivity index (χ1) is 15.3. The van der Waals surface area contributed by atoms with Crippen LogP contribution in [0.1, 0.15) is 18.0 Å². The molecule has 1 saturated heterocycles. The molecule has 1 fully saturated rings. The zero-order chi connectivity index (χ0) is 22.5. The molecular formula is C22H23Cl2F3N6O. The smallest absolute Gasteiger partial charge is 0.408 e. The molecule has 4 heterocycles. The van der Waals surface area contributed by atoms with E-state index in [4.69, 9.17) is 10.5 Å². The van der Waals surface area contributed by atoms with Crippen molar-refractivity contribution in [2.24, 2.45) is 5.73 Å². The molecule has 0 aliphatic carbocycles. The van der Waals surface area contributed by atoms with Gasteiger partial charge < -0.3 is 10.5 Å². The average Bonchev–Trinajstić information content (AvgIpc) is 3.38. The summed E-state index contributed by atoms with van der Waals surface area (Å²) in [5.41, 5.74) is 7.54. The van der Waals surface area contributed by atoms with E-state index in [1.807, 2.05) is 18.2 Å². The summed E-state index contributed by atoms with van der Waals surface area (Å²) in [7, 11) is 1.56. The Morgan fingerprint density at radius 2 is 1.88 bits per heavy atom. The number of hydrogen-bond acceptors (Lipinski definition) is 6. The molecule has 12 heteroatoms. The topological polar surface area (TPSA) is 81.6 Å². The Labute approximate surface area is 205 Å². The van der Waals surface area contributed by atoms with Crippen molar-refractivity contribution in [2.45, 2.75) is 24.7 Å². The van der Waals surface area contributed by atoms with E-state index >= 15 is 0 Å². The minimum atomic E-state index is -4.44. The van der Waals surface area contributed by atoms with Crippen molar-refractivity contribution in [1.29, 1.82) is 0 Å². The first kappa shape index (κ1) is 26.0. The van der Waals surface area contributed by atoms with E-state index in [0.717, 1.165) is 5.39 Å². The van der Waals surface area contributed by atoms with Crippen LogP contribution in [-0.2, 0) is 0 Å². The van der Waals surface area contributed by atoms with Gasteiger partial charge >= 0.3 is 6.18 Å². The monoisotopic (exact) mass is 514 g/mol. The van der Waals surface area contributed by atoms with Gasteiger partial charge in [-0.15, -0.1) is 35.0 Å². The number of nitrogens with two attached hydrogens (primary N) is 1. The lowest BCUT2D eigenvalue weighted by Gasteiger charge is -2.30. The predicted octanol–water partition coefficient (Wildman–Crippen LogP) is 4.43. The third-order valence-corrected chi connectivity index (χ3v) is 5.80. The molecule has 0 radical (unpaired) electrons. The summed E-state index contributed by atoms with van der Waals surface area (Å²) in [6, 6.07) is 10.2. The van der Waals surface area contributed by atoms with Crippen LogP contribution in [0.5, 0.6) is 5.75 Å². The fourth-order valence-corrected chi connectivity index (χ4v) is 4.31. The third-order valence-electron chi connectivity index (χ3n) is 5.80. The molecule has 182 valence electrons. The second-order valence-corrected chi connectivity index (χ2v) is 7.93. The molecule has 1 aliphatic rings. The zero-order valence-electron chi connectivity index (χ0n) is 18.1. The van der Waals surface area contributed by atoms with Crippen LogP contribution in [0.4, 0.5) is 13.2 Å². The molecule has 2 atom stereocenters. The molecule has 0 spiro atoms. The minimum Gasteiger partial charge on any atom is -0.494 e. The standard InChI is InChI=1S/C22H21F3N6O.2ClH/c1-32-17-4-2-3-13-5-7-16(27-19(13)17)21-29-28-18-8-6-14(11-31(18)21)20(22(23,24)25)30-10-9-15(26)12-30;;/h2-8,11,15,20H,9-10,12,26H2,1H3;2*1H/t15-,20-;;/m0../s1. The number of pyridine rings is 2. The Hall–Kier alpha value is -2.66. The molecule has 4 aromatic rings. The number of likely N-dealkylation sites (tertiary alicyclic amines) is 1. The maximum atomic E-state index is 14.0. The fourth-order valence-electron chi connectivity index (χ4n) is 4.31. The van der Waals surface area contributed by atoms with E-state index < -0.39 is 12.2 Å². The van der Waals surface area contributed by atoms with Crippen LogP contribution < -0.4 is 10.5 Å². The maximum absolute atomic E-state index is 14.0. The molecule has 5 rings (SSSR count). The lowest BCUT2D eigenvalue weighted by Crippen LogP contribution is -2.38. The number of halogens is 5. The van der Waals surface area contributed by atoms with Crippen molar-refractivity contribution in [3.8, 4) is 17.3 Å². The molecule has 1 aromatic carbocycles. The van der Waals surface area contributed by atoms with Crippen LogP contribution in [0.2, 0.25) is 0 Å². The van der Waals surface area contributed by atoms with Crippen LogP contribution in [0, 0.1) is 0 Å². The first-order valence-electron chi connectivity index (χ1n) is 10.2. The van der Waals surface area contributed by atoms with E-state index in [9.17, 15) is 13.2 Å². The summed E-state index contributed by atoms with van der Waals surface area (Å²) >= 11 is 0. The van der Waals surface area contributed by atoms with Crippen molar-refractivity contribution in [1.82, 2.24) is 24.5 Å². The van der Waals surface area contributed by atoms with Gasteiger partial charge in [0.2, 0.25) is 0 Å². The largest absolute Gasteiger partial charge is 0.494 e. The molecule has 2 N–H and O–H groups in total. The van der Waals surface area contributed by atoms with Crippen molar-refractivity contribution in [2.75, 3.05) is 20.2 Å². The lowest BCUT2D eigenvalue weighted by molar-refractivity contribution is -0.183. The van der Waals surface area contributed by atoms with Gasteiger partial charge in [-0.05, 0) is 30.2 Å². The van der Waals surface area contributed by atoms with E-state index in [-0.39, 0.29) is 43.0 Å². The van der Waals surface area contributed by atoms with Crippen LogP contribution >= 0.6 is 24.8 Å². The van der Waals surface area contributed by atoms with Gasteiger partial charge in [-0.3, -0.25) is 9.30 Å². The molecule has 0 saturated carbocycles. The Balaban J connectivity index is 0.00000162. The lowest BCUT2D eigenvalue weighted by atomic mass is 10.1. The molecule has 3 aromatic heterocycles. The Morgan fingerprint density at radius 3 is 2.56 bits per heavy atom. The quantitative estimate of drug-likeness (QED) is 0.433. The number of aromatic nitrogens is 4. The number of alkyl halides is 3. The normalized spacial score (nSPS) is 17.4. The molecule has 34 heavy (non-hydrogen) atoms. The summed E-state index contributed by atoms with van der Waals surface area (Å²) < 4.78 is 49.1. The van der Waals surface area contributed by atoms with Crippen molar-refractivity contribution in [3.63, 3.8) is 0 Å². The van der Waals surface area contributed by atoms with Crippen molar-refractivity contribution < 1.29 is 17.9 Å². The number of hydrogen-bond donors (Lipinski definition) is 1. The highest BCUT2D eigenvalue weighted by atomic mass is 35.5. The van der Waals surface area contributed by atoms with Crippen molar-refractivity contribution >= 4 is 41.4 Å². The summed E-state index contributed by atoms with van der Waals surface area (Å²) in [6.45, 7) is 0.494. The number of rotatable bonds is 4. The van der Waals surface area contributed by atoms with Gasteiger partial charge in [-0.2, -0.15) is 13.2 Å². The number of methoxy groups -OCH3 is 1. The van der Waals surface area contributed by atoms with Crippen LogP contribution in [-0.4, -0.2) is 56.9 Å². The van der Waals surface area contributed by atoms with Gasteiger partial charge in [0, 0.05) is 30.7 Å². The van der Waals surface area contributed by atoms with Gasteiger partial charge in [0.05, 0.1) is 7.11 Å². The molecule has 0 unspecified atom stereocenters. The average molecular weight is 515 g/mol. The van der Waals surface area contributed by atoms with Gasteiger partial charge in [-0.1, -0.05) is 24.3 Å². The maximum Gasteiger partial charge on any atom is 0.408 e. The molecule has 1 aliphatic heterocycles.